The summed E-state index contributed by atoms with van der Waals surface area (Å²) >= 11 is 0. The summed E-state index contributed by atoms with van der Waals surface area (Å²) in [6.45, 7) is 2.62. The largest absolute Gasteiger partial charge is 0.497 e. The average molecular weight is 378 g/mol. The van der Waals surface area contributed by atoms with Crippen LogP contribution in [0.1, 0.15) is 30.3 Å². The highest BCUT2D eigenvalue weighted by atomic mass is 16.5. The first-order valence-corrected chi connectivity index (χ1v) is 9.27. The van der Waals surface area contributed by atoms with Gasteiger partial charge in [0.2, 0.25) is 11.7 Å². The molecule has 1 atom stereocenters. The number of hydrogen-bond donors (Lipinski definition) is 1. The van der Waals surface area contributed by atoms with Crippen molar-refractivity contribution in [2.75, 3.05) is 19.0 Å². The van der Waals surface area contributed by atoms with E-state index in [0.29, 0.717) is 18.3 Å². The van der Waals surface area contributed by atoms with Crippen LogP contribution in [0.15, 0.2) is 53.1 Å². The van der Waals surface area contributed by atoms with E-state index < -0.39 is 0 Å². The minimum atomic E-state index is -0.219. The molecule has 0 bridgehead atoms. The predicted molar refractivity (Wildman–Crippen MR) is 105 cm³/mol. The normalized spacial score (nSPS) is 16.2. The number of carbonyl (C=O) groups excluding carboxylic acids is 1. The van der Waals surface area contributed by atoms with Gasteiger partial charge in [-0.25, -0.2) is 4.79 Å². The summed E-state index contributed by atoms with van der Waals surface area (Å²) in [5.41, 5.74) is 2.67. The third kappa shape index (κ3) is 3.55. The van der Waals surface area contributed by atoms with Gasteiger partial charge in [-0.2, -0.15) is 4.98 Å². The predicted octanol–water partition coefficient (Wildman–Crippen LogP) is 4.42. The summed E-state index contributed by atoms with van der Waals surface area (Å²) in [5.74, 6) is 1.73. The van der Waals surface area contributed by atoms with E-state index in [1.807, 2.05) is 55.5 Å². The van der Waals surface area contributed by atoms with Gasteiger partial charge in [-0.05, 0) is 55.7 Å². The van der Waals surface area contributed by atoms with E-state index in [-0.39, 0.29) is 12.1 Å². The number of anilines is 1. The fourth-order valence-corrected chi connectivity index (χ4v) is 3.39. The van der Waals surface area contributed by atoms with Crippen molar-refractivity contribution in [2.45, 2.75) is 25.8 Å². The number of likely N-dealkylation sites (tertiary alicyclic amines) is 1. The van der Waals surface area contributed by atoms with Crippen molar-refractivity contribution < 1.29 is 14.1 Å². The smallest absolute Gasteiger partial charge is 0.322 e. The number of urea groups is 1. The van der Waals surface area contributed by atoms with Gasteiger partial charge in [-0.1, -0.05) is 23.4 Å². The molecule has 7 heteroatoms. The monoisotopic (exact) mass is 378 g/mol. The molecule has 2 aromatic carbocycles. The highest BCUT2D eigenvalue weighted by Crippen LogP contribution is 2.33. The van der Waals surface area contributed by atoms with Crippen LogP contribution in [0.3, 0.4) is 0 Å². The second kappa shape index (κ2) is 7.72. The molecule has 1 fully saturated rings. The molecule has 0 saturated carbocycles. The minimum Gasteiger partial charge on any atom is -0.497 e. The van der Waals surface area contributed by atoms with Crippen LogP contribution in [0.25, 0.3) is 11.4 Å². The van der Waals surface area contributed by atoms with E-state index in [0.717, 1.165) is 35.4 Å². The number of hydrogen-bond acceptors (Lipinski definition) is 5. The summed E-state index contributed by atoms with van der Waals surface area (Å²) in [5, 5.41) is 7.08. The summed E-state index contributed by atoms with van der Waals surface area (Å²) in [7, 11) is 1.62. The number of aryl methyl sites for hydroxylation is 1. The molecule has 4 rings (SSSR count). The molecular formula is C21H22N4O3. The van der Waals surface area contributed by atoms with Crippen LogP contribution in [0, 0.1) is 6.92 Å². The van der Waals surface area contributed by atoms with Gasteiger partial charge in [0.25, 0.3) is 0 Å². The van der Waals surface area contributed by atoms with E-state index in [2.05, 4.69) is 15.5 Å². The molecule has 1 aliphatic heterocycles. The van der Waals surface area contributed by atoms with Gasteiger partial charge in [-0.3, -0.25) is 0 Å². The third-order valence-electron chi connectivity index (χ3n) is 4.98. The molecule has 1 unspecified atom stereocenters. The summed E-state index contributed by atoms with van der Waals surface area (Å²) in [6, 6.07) is 14.8. The number of nitrogens with zero attached hydrogens (tertiary/aromatic N) is 3. The fraction of sp³-hybridized carbons (Fsp3) is 0.286. The first-order chi connectivity index (χ1) is 13.7. The fourth-order valence-electron chi connectivity index (χ4n) is 3.39. The molecule has 7 nitrogen and oxygen atoms in total. The van der Waals surface area contributed by atoms with Crippen LogP contribution in [0.2, 0.25) is 0 Å². The summed E-state index contributed by atoms with van der Waals surface area (Å²) < 4.78 is 10.7. The van der Waals surface area contributed by atoms with E-state index in [4.69, 9.17) is 9.26 Å². The maximum Gasteiger partial charge on any atom is 0.322 e. The summed E-state index contributed by atoms with van der Waals surface area (Å²) in [4.78, 5) is 19.1. The molecule has 1 N–H and O–H groups in total. The van der Waals surface area contributed by atoms with Crippen LogP contribution in [0.4, 0.5) is 10.5 Å². The molecule has 1 saturated heterocycles. The highest BCUT2D eigenvalue weighted by Gasteiger charge is 2.34. The minimum absolute atomic E-state index is 0.152. The lowest BCUT2D eigenvalue weighted by atomic mass is 10.2. The molecule has 2 amide bonds. The number of benzene rings is 2. The zero-order valence-corrected chi connectivity index (χ0v) is 15.9. The van der Waals surface area contributed by atoms with Gasteiger partial charge < -0.3 is 19.5 Å². The quantitative estimate of drug-likeness (QED) is 0.727. The molecule has 28 heavy (non-hydrogen) atoms. The van der Waals surface area contributed by atoms with Crippen molar-refractivity contribution in [3.63, 3.8) is 0 Å². The van der Waals surface area contributed by atoms with Gasteiger partial charge in [0, 0.05) is 17.8 Å². The van der Waals surface area contributed by atoms with E-state index in [1.165, 1.54) is 0 Å². The number of rotatable bonds is 4. The Labute approximate surface area is 163 Å². The molecule has 3 aromatic rings. The van der Waals surface area contributed by atoms with Gasteiger partial charge in [0.15, 0.2) is 0 Å². The lowest BCUT2D eigenvalue weighted by molar-refractivity contribution is 0.193. The Morgan fingerprint density at radius 2 is 2.00 bits per heavy atom. The SMILES string of the molecule is COc1ccc(-c2noc(C3CCCN3C(=O)Nc3ccccc3C)n2)cc1. The molecule has 0 aliphatic carbocycles. The van der Waals surface area contributed by atoms with Crippen molar-refractivity contribution in [3.05, 3.63) is 60.0 Å². The second-order valence-electron chi connectivity index (χ2n) is 6.78. The summed E-state index contributed by atoms with van der Waals surface area (Å²) in [6.07, 6.45) is 1.69. The third-order valence-corrected chi connectivity index (χ3v) is 4.98. The molecule has 0 spiro atoms. The van der Waals surface area contributed by atoms with Crippen molar-refractivity contribution in [2.24, 2.45) is 0 Å². The van der Waals surface area contributed by atoms with Crippen LogP contribution < -0.4 is 10.1 Å². The molecule has 2 heterocycles. The first kappa shape index (κ1) is 18.0. The number of ether oxygens (including phenoxy) is 1. The van der Waals surface area contributed by atoms with Crippen LogP contribution in [0.5, 0.6) is 5.75 Å². The Bertz CT molecular complexity index is 968. The Morgan fingerprint density at radius 1 is 1.21 bits per heavy atom. The second-order valence-corrected chi connectivity index (χ2v) is 6.78. The van der Waals surface area contributed by atoms with Crippen molar-refractivity contribution >= 4 is 11.7 Å². The van der Waals surface area contributed by atoms with Gasteiger partial charge in [-0.15, -0.1) is 0 Å². The Balaban J connectivity index is 1.51. The zero-order chi connectivity index (χ0) is 19.5. The van der Waals surface area contributed by atoms with E-state index in [9.17, 15) is 4.79 Å². The Morgan fingerprint density at radius 3 is 2.75 bits per heavy atom. The lowest BCUT2D eigenvalue weighted by Crippen LogP contribution is -2.34. The van der Waals surface area contributed by atoms with E-state index >= 15 is 0 Å². The maximum absolute atomic E-state index is 12.8. The Hall–Kier alpha value is -3.35. The lowest BCUT2D eigenvalue weighted by Gasteiger charge is -2.22. The van der Waals surface area contributed by atoms with Crippen LogP contribution in [-0.2, 0) is 0 Å². The van der Waals surface area contributed by atoms with Gasteiger partial charge in [0.05, 0.1) is 7.11 Å². The van der Waals surface area contributed by atoms with Gasteiger partial charge >= 0.3 is 6.03 Å². The number of nitrogens with one attached hydrogen (secondary N) is 1. The zero-order valence-electron chi connectivity index (χ0n) is 15.9. The van der Waals surface area contributed by atoms with Crippen LogP contribution in [-0.4, -0.2) is 34.7 Å². The Kier molecular flexibility index (Phi) is 4.97. The molecule has 144 valence electrons. The highest BCUT2D eigenvalue weighted by molar-refractivity contribution is 5.90. The molecular weight excluding hydrogens is 356 g/mol. The molecule has 1 aliphatic rings. The number of amides is 2. The van der Waals surface area contributed by atoms with Crippen molar-refractivity contribution in [1.29, 1.82) is 0 Å². The maximum atomic E-state index is 12.8. The topological polar surface area (TPSA) is 80.5 Å². The number of carbonyl (C=O) groups is 1. The average Bonchev–Trinajstić information content (AvgIpc) is 3.39. The first-order valence-electron chi connectivity index (χ1n) is 9.27. The standard InChI is InChI=1S/C21H22N4O3/c1-14-6-3-4-7-17(14)22-21(26)25-13-5-8-18(25)20-23-19(24-28-20)15-9-11-16(27-2)12-10-15/h3-4,6-7,9-12,18H,5,8,13H2,1-2H3,(H,22,26). The molecule has 0 radical (unpaired) electrons. The molecule has 1 aromatic heterocycles. The van der Waals surface area contributed by atoms with Crippen molar-refractivity contribution in [1.82, 2.24) is 15.0 Å². The van der Waals surface area contributed by atoms with E-state index in [1.54, 1.807) is 12.0 Å². The van der Waals surface area contributed by atoms with Crippen molar-refractivity contribution in [3.8, 4) is 17.1 Å². The van der Waals surface area contributed by atoms with Crippen LogP contribution >= 0.6 is 0 Å². The number of para-hydroxylation sites is 1. The number of aromatic nitrogens is 2. The van der Waals surface area contributed by atoms with Gasteiger partial charge in [0.1, 0.15) is 11.8 Å². The number of methoxy groups -OCH3 is 1.